The molecule has 2 aromatic rings. The fraction of sp³-hybridized carbons (Fsp3) is 0.385. The van der Waals surface area contributed by atoms with Gasteiger partial charge in [-0.3, -0.25) is 4.79 Å². The Morgan fingerprint density at radius 2 is 2.37 bits per heavy atom. The Kier molecular flexibility index (Phi) is 4.01. The summed E-state index contributed by atoms with van der Waals surface area (Å²) in [5.74, 6) is 0.446. The van der Waals surface area contributed by atoms with Crippen LogP contribution in [0.3, 0.4) is 0 Å². The highest BCUT2D eigenvalue weighted by atomic mass is 32.1. The number of nitrogens with one attached hydrogen (secondary N) is 1. The van der Waals surface area contributed by atoms with Gasteiger partial charge in [0.15, 0.2) is 0 Å². The average Bonchev–Trinajstić information content (AvgIpc) is 2.94. The van der Waals surface area contributed by atoms with E-state index in [1.54, 1.807) is 11.3 Å². The van der Waals surface area contributed by atoms with E-state index >= 15 is 0 Å². The Hall–Kier alpha value is -1.66. The van der Waals surface area contributed by atoms with E-state index in [4.69, 9.17) is 10.2 Å². The molecule has 0 saturated carbocycles. The molecule has 0 unspecified atom stereocenters. The molecule has 19 heavy (non-hydrogen) atoms. The third kappa shape index (κ3) is 4.18. The van der Waals surface area contributed by atoms with Crippen LogP contribution in [-0.2, 0) is 11.2 Å². The molecular weight excluding hydrogens is 262 g/mol. The molecule has 0 saturated heterocycles. The molecule has 1 amide bonds. The van der Waals surface area contributed by atoms with Crippen LogP contribution in [0.25, 0.3) is 10.8 Å². The monoisotopic (exact) mass is 279 g/mol. The average molecular weight is 279 g/mol. The van der Waals surface area contributed by atoms with Gasteiger partial charge < -0.3 is 15.5 Å². The van der Waals surface area contributed by atoms with Crippen LogP contribution < -0.4 is 11.1 Å². The van der Waals surface area contributed by atoms with E-state index in [9.17, 15) is 4.79 Å². The second kappa shape index (κ2) is 5.54. The molecule has 5 nitrogen and oxygen atoms in total. The van der Waals surface area contributed by atoms with Crippen LogP contribution in [0.4, 0.5) is 0 Å². The Morgan fingerprint density at radius 1 is 1.58 bits per heavy atom. The number of rotatable bonds is 5. The molecule has 3 N–H and O–H groups in total. The summed E-state index contributed by atoms with van der Waals surface area (Å²) in [6.45, 7) is 4.15. The largest absolute Gasteiger partial charge is 0.444 e. The minimum Gasteiger partial charge on any atom is -0.444 e. The van der Waals surface area contributed by atoms with Crippen LogP contribution in [0, 0.1) is 0 Å². The van der Waals surface area contributed by atoms with Crippen molar-refractivity contribution in [2.24, 2.45) is 5.73 Å². The van der Waals surface area contributed by atoms with Gasteiger partial charge >= 0.3 is 0 Å². The molecule has 102 valence electrons. The lowest BCUT2D eigenvalue weighted by atomic mass is 10.1. The van der Waals surface area contributed by atoms with E-state index in [1.165, 1.54) is 6.26 Å². The van der Waals surface area contributed by atoms with Crippen molar-refractivity contribution in [2.75, 3.05) is 6.54 Å². The van der Waals surface area contributed by atoms with Crippen molar-refractivity contribution in [1.29, 1.82) is 0 Å². The number of thiophene rings is 1. The van der Waals surface area contributed by atoms with Crippen molar-refractivity contribution in [3.05, 3.63) is 29.5 Å². The van der Waals surface area contributed by atoms with Gasteiger partial charge in [-0.25, -0.2) is 4.98 Å². The SMILES string of the molecule is CC(C)(N)CNC(=O)Cc1coc(-c2cccs2)n1. The molecule has 0 aromatic carbocycles. The van der Waals surface area contributed by atoms with E-state index in [-0.39, 0.29) is 12.3 Å². The van der Waals surface area contributed by atoms with Gasteiger partial charge in [0.05, 0.1) is 17.0 Å². The summed E-state index contributed by atoms with van der Waals surface area (Å²) >= 11 is 1.55. The maximum Gasteiger partial charge on any atom is 0.236 e. The predicted octanol–water partition coefficient (Wildman–Crippen LogP) is 1.80. The van der Waals surface area contributed by atoms with E-state index in [1.807, 2.05) is 31.4 Å². The molecule has 0 aliphatic carbocycles. The van der Waals surface area contributed by atoms with Crippen molar-refractivity contribution in [3.63, 3.8) is 0 Å². The fourth-order valence-electron chi connectivity index (χ4n) is 1.45. The van der Waals surface area contributed by atoms with E-state index in [2.05, 4.69) is 10.3 Å². The standard InChI is InChI=1S/C13H17N3O2S/c1-13(2,14)8-15-11(17)6-9-7-18-12(16-9)10-4-3-5-19-10/h3-5,7H,6,8,14H2,1-2H3,(H,15,17). The topological polar surface area (TPSA) is 81.1 Å². The molecule has 2 heterocycles. The van der Waals surface area contributed by atoms with Crippen LogP contribution in [0.1, 0.15) is 19.5 Å². The second-order valence-electron chi connectivity index (χ2n) is 5.06. The number of carbonyl (C=O) groups excluding carboxylic acids is 1. The molecule has 0 radical (unpaired) electrons. The van der Waals surface area contributed by atoms with Gasteiger partial charge in [0.25, 0.3) is 0 Å². The molecule has 0 bridgehead atoms. The van der Waals surface area contributed by atoms with Crippen molar-refractivity contribution in [1.82, 2.24) is 10.3 Å². The molecular formula is C13H17N3O2S. The lowest BCUT2D eigenvalue weighted by molar-refractivity contribution is -0.120. The lowest BCUT2D eigenvalue weighted by Crippen LogP contribution is -2.45. The number of amides is 1. The van der Waals surface area contributed by atoms with Crippen LogP contribution >= 0.6 is 11.3 Å². The zero-order valence-electron chi connectivity index (χ0n) is 11.0. The lowest BCUT2D eigenvalue weighted by Gasteiger charge is -2.18. The number of hydrogen-bond donors (Lipinski definition) is 2. The zero-order chi connectivity index (χ0) is 13.9. The molecule has 0 aliphatic heterocycles. The van der Waals surface area contributed by atoms with Crippen molar-refractivity contribution < 1.29 is 9.21 Å². The molecule has 0 spiro atoms. The van der Waals surface area contributed by atoms with Gasteiger partial charge in [-0.1, -0.05) is 6.07 Å². The number of nitrogens with zero attached hydrogens (tertiary/aromatic N) is 1. The highest BCUT2D eigenvalue weighted by molar-refractivity contribution is 7.13. The fourth-order valence-corrected chi connectivity index (χ4v) is 2.11. The summed E-state index contributed by atoms with van der Waals surface area (Å²) < 4.78 is 5.35. The maximum absolute atomic E-state index is 11.7. The highest BCUT2D eigenvalue weighted by Crippen LogP contribution is 2.23. The molecule has 0 fully saturated rings. The first-order valence-corrected chi connectivity index (χ1v) is 6.86. The zero-order valence-corrected chi connectivity index (χ0v) is 11.8. The first-order chi connectivity index (χ1) is 8.94. The summed E-state index contributed by atoms with van der Waals surface area (Å²) in [5, 5.41) is 4.73. The highest BCUT2D eigenvalue weighted by Gasteiger charge is 2.14. The molecule has 2 aromatic heterocycles. The number of hydrogen-bond acceptors (Lipinski definition) is 5. The Balaban J connectivity index is 1.91. The van der Waals surface area contributed by atoms with E-state index in [0.29, 0.717) is 18.1 Å². The maximum atomic E-state index is 11.7. The number of carbonyl (C=O) groups is 1. The van der Waals surface area contributed by atoms with Gasteiger partial charge in [0, 0.05) is 12.1 Å². The van der Waals surface area contributed by atoms with Crippen molar-refractivity contribution in [3.8, 4) is 10.8 Å². The minimum absolute atomic E-state index is 0.107. The quantitative estimate of drug-likeness (QED) is 0.874. The molecule has 0 aliphatic rings. The Morgan fingerprint density at radius 3 is 3.00 bits per heavy atom. The van der Waals surface area contributed by atoms with E-state index in [0.717, 1.165) is 4.88 Å². The van der Waals surface area contributed by atoms with Gasteiger partial charge in [0.1, 0.15) is 6.26 Å². The van der Waals surface area contributed by atoms with Crippen LogP contribution in [0.5, 0.6) is 0 Å². The summed E-state index contributed by atoms with van der Waals surface area (Å²) in [4.78, 5) is 17.0. The second-order valence-corrected chi connectivity index (χ2v) is 6.01. The summed E-state index contributed by atoms with van der Waals surface area (Å²) in [5.41, 5.74) is 6.00. The Bertz CT molecular complexity index is 540. The third-order valence-corrected chi connectivity index (χ3v) is 3.22. The molecule has 6 heteroatoms. The summed E-state index contributed by atoms with van der Waals surface area (Å²) in [7, 11) is 0. The van der Waals surface area contributed by atoms with Crippen LogP contribution in [-0.4, -0.2) is 23.0 Å². The van der Waals surface area contributed by atoms with Crippen molar-refractivity contribution >= 4 is 17.2 Å². The van der Waals surface area contributed by atoms with Gasteiger partial charge in [-0.15, -0.1) is 11.3 Å². The van der Waals surface area contributed by atoms with E-state index < -0.39 is 5.54 Å². The normalized spacial score (nSPS) is 11.5. The first-order valence-electron chi connectivity index (χ1n) is 5.98. The molecule has 0 atom stereocenters. The number of nitrogens with two attached hydrogens (primary N) is 1. The smallest absolute Gasteiger partial charge is 0.236 e. The first kappa shape index (κ1) is 13.8. The summed E-state index contributed by atoms with van der Waals surface area (Å²) in [6.07, 6.45) is 1.72. The van der Waals surface area contributed by atoms with Crippen LogP contribution in [0.15, 0.2) is 28.2 Å². The van der Waals surface area contributed by atoms with Crippen molar-refractivity contribution in [2.45, 2.75) is 25.8 Å². The number of aromatic nitrogens is 1. The number of oxazole rings is 1. The van der Waals surface area contributed by atoms with Gasteiger partial charge in [-0.05, 0) is 25.3 Å². The Labute approximate surface area is 115 Å². The van der Waals surface area contributed by atoms with Gasteiger partial charge in [-0.2, -0.15) is 0 Å². The minimum atomic E-state index is -0.415. The summed E-state index contributed by atoms with van der Waals surface area (Å²) in [6, 6.07) is 3.86. The predicted molar refractivity (Wildman–Crippen MR) is 74.8 cm³/mol. The third-order valence-electron chi connectivity index (χ3n) is 2.37. The molecule has 2 rings (SSSR count). The van der Waals surface area contributed by atoms with Gasteiger partial charge in [0.2, 0.25) is 11.8 Å². The van der Waals surface area contributed by atoms with Crippen LogP contribution in [0.2, 0.25) is 0 Å².